The van der Waals surface area contributed by atoms with E-state index in [2.05, 4.69) is 22.4 Å². The van der Waals surface area contributed by atoms with Crippen LogP contribution in [0, 0.1) is 0 Å². The number of aliphatic hydroxyl groups is 1. The van der Waals surface area contributed by atoms with Crippen LogP contribution in [0.4, 0.5) is 0 Å². The Morgan fingerprint density at radius 3 is 2.71 bits per heavy atom. The summed E-state index contributed by atoms with van der Waals surface area (Å²) in [6.07, 6.45) is 0.437. The summed E-state index contributed by atoms with van der Waals surface area (Å²) in [7, 11) is 4.05. The lowest BCUT2D eigenvalue weighted by molar-refractivity contribution is 0.156. The molecule has 0 spiro atoms. The number of thiophene rings is 1. The molecular formula is C13H18ClNOS. The van der Waals surface area contributed by atoms with Crippen molar-refractivity contribution in [2.75, 3.05) is 20.6 Å². The van der Waals surface area contributed by atoms with Gasteiger partial charge in [-0.25, -0.2) is 0 Å². The molecule has 1 heterocycles. The van der Waals surface area contributed by atoms with Crippen molar-refractivity contribution in [2.45, 2.75) is 12.5 Å². The van der Waals surface area contributed by atoms with Gasteiger partial charge in [0.15, 0.2) is 0 Å². The lowest BCUT2D eigenvalue weighted by Crippen LogP contribution is -2.15. The molecule has 1 aromatic heterocycles. The van der Waals surface area contributed by atoms with Crippen LogP contribution in [-0.4, -0.2) is 30.6 Å². The highest BCUT2D eigenvalue weighted by molar-refractivity contribution is 7.17. The molecular weight excluding hydrogens is 254 g/mol. The Bertz CT molecular complexity index is 469. The monoisotopic (exact) mass is 271 g/mol. The summed E-state index contributed by atoms with van der Waals surface area (Å²) in [5, 5.41) is 13.4. The van der Waals surface area contributed by atoms with Gasteiger partial charge in [0, 0.05) is 11.2 Å². The van der Waals surface area contributed by atoms with E-state index in [0.29, 0.717) is 0 Å². The van der Waals surface area contributed by atoms with Gasteiger partial charge < -0.3 is 10.0 Å². The average Bonchev–Trinajstić information content (AvgIpc) is 2.69. The first kappa shape index (κ1) is 14.5. The summed E-state index contributed by atoms with van der Waals surface area (Å²) in [4.78, 5) is 2.10. The van der Waals surface area contributed by atoms with Gasteiger partial charge in [-0.3, -0.25) is 0 Å². The fraction of sp³-hybridized carbons (Fsp3) is 0.385. The van der Waals surface area contributed by atoms with Gasteiger partial charge in [0.2, 0.25) is 0 Å². The summed E-state index contributed by atoms with van der Waals surface area (Å²) in [6, 6.07) is 8.24. The highest BCUT2D eigenvalue weighted by Gasteiger charge is 2.12. The van der Waals surface area contributed by atoms with Crippen molar-refractivity contribution in [1.82, 2.24) is 4.90 Å². The van der Waals surface area contributed by atoms with Gasteiger partial charge in [-0.2, -0.15) is 0 Å². The minimum absolute atomic E-state index is 0. The van der Waals surface area contributed by atoms with Crippen LogP contribution in [0.15, 0.2) is 29.6 Å². The Kier molecular flexibility index (Phi) is 5.40. The van der Waals surface area contributed by atoms with Gasteiger partial charge in [0.25, 0.3) is 0 Å². The van der Waals surface area contributed by atoms with E-state index in [1.165, 1.54) is 10.1 Å². The third kappa shape index (κ3) is 3.42. The van der Waals surface area contributed by atoms with Crippen molar-refractivity contribution in [3.8, 4) is 0 Å². The molecule has 0 radical (unpaired) electrons. The van der Waals surface area contributed by atoms with Crippen molar-refractivity contribution in [1.29, 1.82) is 0 Å². The largest absolute Gasteiger partial charge is 0.388 e. The van der Waals surface area contributed by atoms with Gasteiger partial charge in [-0.15, -0.1) is 23.7 Å². The van der Waals surface area contributed by atoms with Gasteiger partial charge in [0.05, 0.1) is 6.10 Å². The second-order valence-corrected chi connectivity index (χ2v) is 5.21. The third-order valence-electron chi connectivity index (χ3n) is 2.72. The summed E-state index contributed by atoms with van der Waals surface area (Å²) in [5.74, 6) is 0. The van der Waals surface area contributed by atoms with E-state index < -0.39 is 0 Å². The van der Waals surface area contributed by atoms with Crippen molar-refractivity contribution >= 4 is 33.8 Å². The SMILES string of the molecule is CN(C)CCC(O)c1csc2ccccc12.Cl. The van der Waals surface area contributed by atoms with Gasteiger partial charge in [0.1, 0.15) is 0 Å². The second-order valence-electron chi connectivity index (χ2n) is 4.29. The number of rotatable bonds is 4. The second kappa shape index (κ2) is 6.36. The van der Waals surface area contributed by atoms with Crippen molar-refractivity contribution < 1.29 is 5.11 Å². The van der Waals surface area contributed by atoms with E-state index in [1.807, 2.05) is 26.2 Å². The van der Waals surface area contributed by atoms with Crippen LogP contribution in [0.3, 0.4) is 0 Å². The zero-order chi connectivity index (χ0) is 11.5. The fourth-order valence-corrected chi connectivity index (χ4v) is 2.80. The molecule has 1 unspecified atom stereocenters. The summed E-state index contributed by atoms with van der Waals surface area (Å²) >= 11 is 1.70. The van der Waals surface area contributed by atoms with E-state index in [1.54, 1.807) is 11.3 Å². The average molecular weight is 272 g/mol. The molecule has 0 aliphatic rings. The van der Waals surface area contributed by atoms with Crippen molar-refractivity contribution in [3.05, 3.63) is 35.2 Å². The Morgan fingerprint density at radius 1 is 1.29 bits per heavy atom. The van der Waals surface area contributed by atoms with Crippen LogP contribution in [0.25, 0.3) is 10.1 Å². The highest BCUT2D eigenvalue weighted by Crippen LogP contribution is 2.31. The molecule has 1 N–H and O–H groups in total. The van der Waals surface area contributed by atoms with Crippen molar-refractivity contribution in [2.24, 2.45) is 0 Å². The molecule has 1 aromatic carbocycles. The molecule has 2 nitrogen and oxygen atoms in total. The van der Waals surface area contributed by atoms with Gasteiger partial charge in [-0.1, -0.05) is 18.2 Å². The van der Waals surface area contributed by atoms with Crippen LogP contribution in [0.5, 0.6) is 0 Å². The Balaban J connectivity index is 0.00000144. The van der Waals surface area contributed by atoms with Gasteiger partial charge in [-0.05, 0) is 42.9 Å². The molecule has 2 aromatic rings. The third-order valence-corrected chi connectivity index (χ3v) is 3.70. The maximum atomic E-state index is 10.1. The van der Waals surface area contributed by atoms with E-state index in [0.717, 1.165) is 18.5 Å². The van der Waals surface area contributed by atoms with Crippen LogP contribution in [0.2, 0.25) is 0 Å². The zero-order valence-corrected chi connectivity index (χ0v) is 11.7. The smallest absolute Gasteiger partial charge is 0.0816 e. The standard InChI is InChI=1S/C13H17NOS.ClH/c1-14(2)8-7-12(15)11-9-16-13-6-4-3-5-10(11)13;/h3-6,9,12,15H,7-8H2,1-2H3;1H. The molecule has 0 aliphatic carbocycles. The first-order chi connectivity index (χ1) is 7.68. The molecule has 0 saturated heterocycles. The number of hydrogen-bond acceptors (Lipinski definition) is 3. The molecule has 0 saturated carbocycles. The number of fused-ring (bicyclic) bond motifs is 1. The topological polar surface area (TPSA) is 23.5 Å². The molecule has 0 amide bonds. The first-order valence-corrected chi connectivity index (χ1v) is 6.35. The van der Waals surface area contributed by atoms with Gasteiger partial charge >= 0.3 is 0 Å². The summed E-state index contributed by atoms with van der Waals surface area (Å²) in [6.45, 7) is 0.908. The fourth-order valence-electron chi connectivity index (χ4n) is 1.79. The van der Waals surface area contributed by atoms with E-state index in [4.69, 9.17) is 0 Å². The molecule has 4 heteroatoms. The lowest BCUT2D eigenvalue weighted by atomic mass is 10.1. The molecule has 0 bridgehead atoms. The quantitative estimate of drug-likeness (QED) is 0.922. The summed E-state index contributed by atoms with van der Waals surface area (Å²) < 4.78 is 1.25. The van der Waals surface area contributed by atoms with E-state index in [-0.39, 0.29) is 18.5 Å². The number of halogens is 1. The van der Waals surface area contributed by atoms with Crippen LogP contribution in [0.1, 0.15) is 18.1 Å². The Labute approximate surface area is 112 Å². The zero-order valence-electron chi connectivity index (χ0n) is 10.1. The Hall–Kier alpha value is -0.610. The minimum atomic E-state index is -0.349. The van der Waals surface area contributed by atoms with E-state index >= 15 is 0 Å². The maximum absolute atomic E-state index is 10.1. The Morgan fingerprint density at radius 2 is 2.00 bits per heavy atom. The number of hydrogen-bond donors (Lipinski definition) is 1. The predicted octanol–water partition coefficient (Wildman–Crippen LogP) is 3.31. The maximum Gasteiger partial charge on any atom is 0.0816 e. The van der Waals surface area contributed by atoms with Crippen LogP contribution in [-0.2, 0) is 0 Å². The van der Waals surface area contributed by atoms with Crippen LogP contribution < -0.4 is 0 Å². The molecule has 1 atom stereocenters. The summed E-state index contributed by atoms with van der Waals surface area (Å²) in [5.41, 5.74) is 1.07. The first-order valence-electron chi connectivity index (χ1n) is 5.47. The normalized spacial score (nSPS) is 12.7. The minimum Gasteiger partial charge on any atom is -0.388 e. The molecule has 0 fully saturated rings. The number of nitrogens with zero attached hydrogens (tertiary/aromatic N) is 1. The van der Waals surface area contributed by atoms with Crippen molar-refractivity contribution in [3.63, 3.8) is 0 Å². The molecule has 94 valence electrons. The van der Waals surface area contributed by atoms with E-state index in [9.17, 15) is 5.11 Å². The highest BCUT2D eigenvalue weighted by atomic mass is 35.5. The predicted molar refractivity (Wildman–Crippen MR) is 77.2 cm³/mol. The molecule has 0 aliphatic heterocycles. The molecule has 17 heavy (non-hydrogen) atoms. The lowest BCUT2D eigenvalue weighted by Gasteiger charge is -2.13. The number of aliphatic hydroxyl groups excluding tert-OH is 1. The number of benzene rings is 1. The molecule has 2 rings (SSSR count). The van der Waals surface area contributed by atoms with Crippen LogP contribution >= 0.6 is 23.7 Å².